The molecule has 0 saturated carbocycles. The predicted octanol–water partition coefficient (Wildman–Crippen LogP) is 1.35. The highest BCUT2D eigenvalue weighted by atomic mass is 16.1. The second kappa shape index (κ2) is 4.80. The molecule has 0 aliphatic carbocycles. The average Bonchev–Trinajstić information content (AvgIpc) is 2.82. The highest BCUT2D eigenvalue weighted by Gasteiger charge is 2.18. The first kappa shape index (κ1) is 11.4. The van der Waals surface area contributed by atoms with Crippen molar-refractivity contribution in [3.63, 3.8) is 0 Å². The van der Waals surface area contributed by atoms with Gasteiger partial charge in [-0.1, -0.05) is 0 Å². The van der Waals surface area contributed by atoms with Crippen LogP contribution in [0.3, 0.4) is 0 Å². The van der Waals surface area contributed by atoms with Crippen molar-refractivity contribution in [3.05, 3.63) is 23.8 Å². The Labute approximate surface area is 98.9 Å². The molecular formula is C12H13N3O2. The summed E-state index contributed by atoms with van der Waals surface area (Å²) in [7, 11) is 0. The van der Waals surface area contributed by atoms with E-state index < -0.39 is 5.91 Å². The van der Waals surface area contributed by atoms with Gasteiger partial charge in [0.25, 0.3) is 5.91 Å². The standard InChI is InChI=1S/C12H13N3O2/c13-12(17)10-4-3-9(14-8-16)7-11(10)15-5-1-2-6-15/h3-4,7H,1-2,5-6H2,(H2,13,17). The van der Waals surface area contributed by atoms with Crippen molar-refractivity contribution >= 4 is 23.4 Å². The van der Waals surface area contributed by atoms with Gasteiger partial charge in [0, 0.05) is 13.1 Å². The van der Waals surface area contributed by atoms with E-state index >= 15 is 0 Å². The van der Waals surface area contributed by atoms with Gasteiger partial charge in [0.2, 0.25) is 6.08 Å². The maximum absolute atomic E-state index is 11.3. The van der Waals surface area contributed by atoms with Crippen molar-refractivity contribution in [2.75, 3.05) is 18.0 Å². The Kier molecular flexibility index (Phi) is 3.21. The third kappa shape index (κ3) is 2.34. The van der Waals surface area contributed by atoms with Gasteiger partial charge in [-0.25, -0.2) is 4.79 Å². The Morgan fingerprint density at radius 1 is 1.35 bits per heavy atom. The van der Waals surface area contributed by atoms with Crippen molar-refractivity contribution in [2.45, 2.75) is 12.8 Å². The molecule has 0 bridgehead atoms. The van der Waals surface area contributed by atoms with Gasteiger partial charge in [-0.15, -0.1) is 0 Å². The third-order valence-electron chi connectivity index (χ3n) is 2.87. The van der Waals surface area contributed by atoms with E-state index in [1.807, 2.05) is 0 Å². The maximum atomic E-state index is 11.3. The van der Waals surface area contributed by atoms with Crippen LogP contribution in [0.4, 0.5) is 11.4 Å². The second-order valence-electron chi connectivity index (χ2n) is 3.96. The van der Waals surface area contributed by atoms with Crippen molar-refractivity contribution < 1.29 is 9.59 Å². The van der Waals surface area contributed by atoms with E-state index in [0.29, 0.717) is 11.3 Å². The monoisotopic (exact) mass is 231 g/mol. The summed E-state index contributed by atoms with van der Waals surface area (Å²) in [5.74, 6) is -0.464. The zero-order chi connectivity index (χ0) is 12.3. The van der Waals surface area contributed by atoms with Gasteiger partial charge in [-0.3, -0.25) is 4.79 Å². The van der Waals surface area contributed by atoms with E-state index in [0.717, 1.165) is 31.6 Å². The van der Waals surface area contributed by atoms with Gasteiger partial charge in [0.1, 0.15) is 0 Å². The Balaban J connectivity index is 2.46. The van der Waals surface area contributed by atoms with Crippen molar-refractivity contribution in [2.24, 2.45) is 10.7 Å². The van der Waals surface area contributed by atoms with Crippen LogP contribution in [0.5, 0.6) is 0 Å². The molecule has 2 rings (SSSR count). The lowest BCUT2D eigenvalue weighted by molar-refractivity contribution is 0.100. The number of benzene rings is 1. The van der Waals surface area contributed by atoms with E-state index in [-0.39, 0.29) is 0 Å². The summed E-state index contributed by atoms with van der Waals surface area (Å²) in [6.07, 6.45) is 3.68. The molecular weight excluding hydrogens is 218 g/mol. The Morgan fingerprint density at radius 3 is 2.65 bits per heavy atom. The van der Waals surface area contributed by atoms with Crippen LogP contribution in [0.1, 0.15) is 23.2 Å². The molecule has 0 spiro atoms. The molecule has 88 valence electrons. The lowest BCUT2D eigenvalue weighted by atomic mass is 10.1. The molecule has 0 aromatic heterocycles. The smallest absolute Gasteiger partial charge is 0.250 e. The fourth-order valence-corrected chi connectivity index (χ4v) is 2.07. The van der Waals surface area contributed by atoms with Crippen LogP contribution in [0.15, 0.2) is 23.2 Å². The Bertz CT molecular complexity index is 487. The molecule has 1 aliphatic heterocycles. The highest BCUT2D eigenvalue weighted by molar-refractivity contribution is 5.99. The number of aliphatic imine (C=N–C) groups is 1. The van der Waals surface area contributed by atoms with Crippen molar-refractivity contribution in [3.8, 4) is 0 Å². The fourth-order valence-electron chi connectivity index (χ4n) is 2.07. The topological polar surface area (TPSA) is 75.8 Å². The molecule has 0 unspecified atom stereocenters. The van der Waals surface area contributed by atoms with E-state index in [9.17, 15) is 9.59 Å². The maximum Gasteiger partial charge on any atom is 0.250 e. The van der Waals surface area contributed by atoms with Gasteiger partial charge in [0.05, 0.1) is 16.9 Å². The zero-order valence-electron chi connectivity index (χ0n) is 9.35. The van der Waals surface area contributed by atoms with Crippen LogP contribution < -0.4 is 10.6 Å². The van der Waals surface area contributed by atoms with E-state index in [1.54, 1.807) is 18.2 Å². The Hall–Kier alpha value is -2.13. The van der Waals surface area contributed by atoms with Gasteiger partial charge in [-0.2, -0.15) is 4.99 Å². The summed E-state index contributed by atoms with van der Waals surface area (Å²) < 4.78 is 0. The second-order valence-corrected chi connectivity index (χ2v) is 3.96. The normalized spacial score (nSPS) is 14.5. The molecule has 0 atom stereocenters. The number of amides is 1. The van der Waals surface area contributed by atoms with Crippen LogP contribution in [0, 0.1) is 0 Å². The minimum absolute atomic E-state index is 0.464. The van der Waals surface area contributed by atoms with Gasteiger partial charge in [-0.05, 0) is 31.0 Å². The Morgan fingerprint density at radius 2 is 2.06 bits per heavy atom. The highest BCUT2D eigenvalue weighted by Crippen LogP contribution is 2.28. The molecule has 1 amide bonds. The van der Waals surface area contributed by atoms with Gasteiger partial charge < -0.3 is 10.6 Å². The molecule has 5 nitrogen and oxygen atoms in total. The average molecular weight is 231 g/mol. The summed E-state index contributed by atoms with van der Waals surface area (Å²) >= 11 is 0. The number of nitrogens with two attached hydrogens (primary N) is 1. The number of nitrogens with zero attached hydrogens (tertiary/aromatic N) is 2. The number of carbonyl (C=O) groups excluding carboxylic acids is 2. The minimum atomic E-state index is -0.464. The van der Waals surface area contributed by atoms with Crippen LogP contribution >= 0.6 is 0 Å². The molecule has 1 aromatic carbocycles. The third-order valence-corrected chi connectivity index (χ3v) is 2.87. The lowest BCUT2D eigenvalue weighted by Gasteiger charge is -2.20. The molecule has 5 heteroatoms. The molecule has 1 saturated heterocycles. The first-order valence-electron chi connectivity index (χ1n) is 5.49. The van der Waals surface area contributed by atoms with E-state index in [2.05, 4.69) is 9.89 Å². The number of hydrogen-bond acceptors (Lipinski definition) is 4. The van der Waals surface area contributed by atoms with Crippen LogP contribution in [0.2, 0.25) is 0 Å². The number of rotatable bonds is 3. The number of anilines is 1. The van der Waals surface area contributed by atoms with E-state index in [1.165, 1.54) is 6.08 Å². The minimum Gasteiger partial charge on any atom is -0.371 e. The largest absolute Gasteiger partial charge is 0.371 e. The lowest BCUT2D eigenvalue weighted by Crippen LogP contribution is -2.22. The molecule has 1 heterocycles. The van der Waals surface area contributed by atoms with Crippen molar-refractivity contribution in [1.82, 2.24) is 0 Å². The summed E-state index contributed by atoms with van der Waals surface area (Å²) in [4.78, 5) is 27.2. The van der Waals surface area contributed by atoms with Gasteiger partial charge >= 0.3 is 0 Å². The quantitative estimate of drug-likeness (QED) is 0.630. The van der Waals surface area contributed by atoms with Crippen molar-refractivity contribution in [1.29, 1.82) is 0 Å². The summed E-state index contributed by atoms with van der Waals surface area (Å²) in [5.41, 5.74) is 7.05. The first-order chi connectivity index (χ1) is 8.22. The zero-order valence-corrected chi connectivity index (χ0v) is 9.35. The number of hydrogen-bond donors (Lipinski definition) is 1. The molecule has 17 heavy (non-hydrogen) atoms. The predicted molar refractivity (Wildman–Crippen MR) is 64.2 cm³/mol. The van der Waals surface area contributed by atoms with E-state index in [4.69, 9.17) is 5.73 Å². The first-order valence-corrected chi connectivity index (χ1v) is 5.49. The van der Waals surface area contributed by atoms with Gasteiger partial charge in [0.15, 0.2) is 0 Å². The SMILES string of the molecule is NC(=O)c1ccc(N=C=O)cc1N1CCCC1. The van der Waals surface area contributed by atoms with Crippen LogP contribution in [0.25, 0.3) is 0 Å². The van der Waals surface area contributed by atoms with Crippen LogP contribution in [-0.4, -0.2) is 25.1 Å². The summed E-state index contributed by atoms with van der Waals surface area (Å²) in [5, 5.41) is 0. The fraction of sp³-hybridized carbons (Fsp3) is 0.333. The molecule has 1 aliphatic rings. The number of primary amides is 1. The number of isocyanates is 1. The number of carbonyl (C=O) groups is 1. The van der Waals surface area contributed by atoms with Crippen LogP contribution in [-0.2, 0) is 4.79 Å². The molecule has 2 N–H and O–H groups in total. The summed E-state index contributed by atoms with van der Waals surface area (Å²) in [6, 6.07) is 4.90. The summed E-state index contributed by atoms with van der Waals surface area (Å²) in [6.45, 7) is 1.79. The molecule has 0 radical (unpaired) electrons. The molecule has 1 aromatic rings. The molecule has 1 fully saturated rings.